The first-order chi connectivity index (χ1) is 10.7. The maximum atomic E-state index is 5.29. The number of thiocarbonyl (C=S) groups is 2. The van der Waals surface area contributed by atoms with Gasteiger partial charge in [-0.15, -0.1) is 0 Å². The van der Waals surface area contributed by atoms with E-state index in [1.54, 1.807) is 0 Å². The van der Waals surface area contributed by atoms with Crippen LogP contribution < -0.4 is 10.6 Å². The minimum Gasteiger partial charge on any atom is -0.366 e. The van der Waals surface area contributed by atoms with Gasteiger partial charge in [-0.2, -0.15) is 0 Å². The van der Waals surface area contributed by atoms with Gasteiger partial charge in [0.05, 0.1) is 0 Å². The van der Waals surface area contributed by atoms with Crippen LogP contribution >= 0.6 is 46.0 Å². The maximum absolute atomic E-state index is 5.29. The van der Waals surface area contributed by atoms with Crippen molar-refractivity contribution in [1.29, 1.82) is 0 Å². The van der Waals surface area contributed by atoms with Crippen molar-refractivity contribution in [2.45, 2.75) is 13.1 Å². The minimum atomic E-state index is 0. The summed E-state index contributed by atoms with van der Waals surface area (Å²) < 4.78 is 1.47. The summed E-state index contributed by atoms with van der Waals surface area (Å²) >= 11 is 10.6. The van der Waals surface area contributed by atoms with Crippen molar-refractivity contribution >= 4 is 54.7 Å². The molecule has 0 heterocycles. The molecule has 0 bridgehead atoms. The Morgan fingerprint density at radius 1 is 0.696 bits per heavy atom. The summed E-state index contributed by atoms with van der Waals surface area (Å²) in [7, 11) is 2.94. The van der Waals surface area contributed by atoms with E-state index in [-0.39, 0.29) is 19.5 Å². The Morgan fingerprint density at radius 3 is 1.39 bits per heavy atom. The molecule has 0 radical (unpaired) electrons. The molecule has 0 amide bonds. The molecule has 2 rings (SSSR count). The molecule has 2 N–H and O–H groups in total. The zero-order valence-electron chi connectivity index (χ0n) is 12.5. The summed E-state index contributed by atoms with van der Waals surface area (Å²) in [5, 5.41) is 6.43. The van der Waals surface area contributed by atoms with Crippen molar-refractivity contribution in [1.82, 2.24) is 10.6 Å². The van der Waals surface area contributed by atoms with Crippen LogP contribution in [0.4, 0.5) is 0 Å². The standard InChI is InChI=1S/C16H16N2S4.Zn/c19-15(17-11-13-7-3-1-4-8-13)21-22-16(20)18-12-14-9-5-2-6-10-14;/h1-10H,11-12H2,(H,17,19)(H,18,20);. The maximum Gasteiger partial charge on any atom is 0.145 e. The normalized spacial score (nSPS) is 9.57. The molecule has 0 unspecified atom stereocenters. The van der Waals surface area contributed by atoms with Gasteiger partial charge in [0.25, 0.3) is 0 Å². The van der Waals surface area contributed by atoms with Gasteiger partial charge >= 0.3 is 0 Å². The molecule has 116 valence electrons. The first-order valence-corrected chi connectivity index (χ1v) is 9.69. The fraction of sp³-hybridized carbons (Fsp3) is 0.125. The molecule has 2 nitrogen and oxygen atoms in total. The molecule has 23 heavy (non-hydrogen) atoms. The number of benzene rings is 2. The van der Waals surface area contributed by atoms with Crippen LogP contribution in [0, 0.1) is 0 Å². The van der Waals surface area contributed by atoms with Crippen LogP contribution in [-0.4, -0.2) is 8.64 Å². The molecule has 0 saturated heterocycles. The van der Waals surface area contributed by atoms with E-state index in [4.69, 9.17) is 24.4 Å². The Kier molecular flexibility index (Phi) is 10.7. The fourth-order valence-electron chi connectivity index (χ4n) is 1.67. The fourth-order valence-corrected chi connectivity index (χ4v) is 3.65. The van der Waals surface area contributed by atoms with Crippen molar-refractivity contribution in [2.75, 3.05) is 0 Å². The molecule has 2 aromatic rings. The average molecular weight is 430 g/mol. The largest absolute Gasteiger partial charge is 0.366 e. The summed E-state index contributed by atoms with van der Waals surface area (Å²) in [4.78, 5) is 0. The van der Waals surface area contributed by atoms with E-state index in [1.165, 1.54) is 32.7 Å². The zero-order chi connectivity index (χ0) is 15.6. The predicted molar refractivity (Wildman–Crippen MR) is 107 cm³/mol. The molecule has 0 saturated carbocycles. The van der Waals surface area contributed by atoms with Gasteiger partial charge in [0, 0.05) is 32.6 Å². The second-order valence-electron chi connectivity index (χ2n) is 4.42. The monoisotopic (exact) mass is 428 g/mol. The van der Waals surface area contributed by atoms with E-state index < -0.39 is 0 Å². The predicted octanol–water partition coefficient (Wildman–Crippen LogP) is 4.51. The average Bonchev–Trinajstić information content (AvgIpc) is 2.58. The molecule has 0 aromatic heterocycles. The minimum absolute atomic E-state index is 0. The van der Waals surface area contributed by atoms with Crippen molar-refractivity contribution < 1.29 is 19.5 Å². The number of rotatable bonds is 4. The van der Waals surface area contributed by atoms with Crippen LogP contribution in [0.15, 0.2) is 60.7 Å². The van der Waals surface area contributed by atoms with Crippen LogP contribution in [0.5, 0.6) is 0 Å². The SMILES string of the molecule is S=C(NCc1ccccc1)SSC(=S)NCc1ccccc1.[Zn]. The van der Waals surface area contributed by atoms with E-state index in [0.717, 1.165) is 21.7 Å². The first-order valence-electron chi connectivity index (χ1n) is 6.72. The van der Waals surface area contributed by atoms with Gasteiger partial charge in [0.1, 0.15) is 8.64 Å². The summed E-state index contributed by atoms with van der Waals surface area (Å²) in [6, 6.07) is 20.4. The van der Waals surface area contributed by atoms with Gasteiger partial charge in [0.2, 0.25) is 0 Å². The molecule has 0 fully saturated rings. The van der Waals surface area contributed by atoms with Gasteiger partial charge in [0.15, 0.2) is 0 Å². The molecular formula is C16H16N2S4Zn. The summed E-state index contributed by atoms with van der Waals surface area (Å²) in [5.74, 6) is 0. The Hall–Kier alpha value is -0.457. The Labute approximate surface area is 168 Å². The third-order valence-electron chi connectivity index (χ3n) is 2.75. The summed E-state index contributed by atoms with van der Waals surface area (Å²) in [6.45, 7) is 1.47. The van der Waals surface area contributed by atoms with Crippen molar-refractivity contribution in [3.63, 3.8) is 0 Å². The molecule has 0 spiro atoms. The van der Waals surface area contributed by atoms with Crippen molar-refractivity contribution in [3.05, 3.63) is 71.8 Å². The molecule has 0 aliphatic carbocycles. The summed E-state index contributed by atoms with van der Waals surface area (Å²) in [6.07, 6.45) is 0. The van der Waals surface area contributed by atoms with E-state index in [0.29, 0.717) is 0 Å². The van der Waals surface area contributed by atoms with Crippen LogP contribution in [0.25, 0.3) is 0 Å². The third-order valence-corrected chi connectivity index (χ3v) is 6.10. The van der Waals surface area contributed by atoms with Crippen molar-refractivity contribution in [3.8, 4) is 0 Å². The van der Waals surface area contributed by atoms with E-state index >= 15 is 0 Å². The number of nitrogens with one attached hydrogen (secondary N) is 2. The first kappa shape index (κ1) is 20.6. The van der Waals surface area contributed by atoms with Gasteiger partial charge in [-0.25, -0.2) is 0 Å². The van der Waals surface area contributed by atoms with Crippen molar-refractivity contribution in [2.24, 2.45) is 0 Å². The molecule has 0 aliphatic rings. The second-order valence-corrected chi connectivity index (χ2v) is 7.90. The van der Waals surface area contributed by atoms with Gasteiger partial charge in [-0.1, -0.05) is 85.1 Å². The topological polar surface area (TPSA) is 24.1 Å². The smallest absolute Gasteiger partial charge is 0.145 e. The molecule has 7 heteroatoms. The van der Waals surface area contributed by atoms with E-state index in [9.17, 15) is 0 Å². The molecular weight excluding hydrogens is 414 g/mol. The quantitative estimate of drug-likeness (QED) is 0.421. The van der Waals surface area contributed by atoms with Gasteiger partial charge in [-0.3, -0.25) is 0 Å². The molecule has 2 aromatic carbocycles. The van der Waals surface area contributed by atoms with Gasteiger partial charge in [-0.05, 0) is 32.7 Å². The van der Waals surface area contributed by atoms with E-state index in [1.807, 2.05) is 36.4 Å². The molecule has 0 atom stereocenters. The molecule has 0 aliphatic heterocycles. The Bertz CT molecular complexity index is 552. The van der Waals surface area contributed by atoms with Crippen LogP contribution in [0.2, 0.25) is 0 Å². The third kappa shape index (κ3) is 8.82. The van der Waals surface area contributed by atoms with E-state index in [2.05, 4.69) is 34.9 Å². The van der Waals surface area contributed by atoms with Crippen LogP contribution in [0.3, 0.4) is 0 Å². The second kappa shape index (κ2) is 12.0. The van der Waals surface area contributed by atoms with Gasteiger partial charge < -0.3 is 10.6 Å². The number of hydrogen-bond acceptors (Lipinski definition) is 4. The van der Waals surface area contributed by atoms with Crippen LogP contribution in [-0.2, 0) is 32.6 Å². The Balaban J connectivity index is 0.00000264. The summed E-state index contributed by atoms with van der Waals surface area (Å²) in [5.41, 5.74) is 2.42. The Morgan fingerprint density at radius 2 is 1.04 bits per heavy atom. The van der Waals surface area contributed by atoms with Crippen LogP contribution in [0.1, 0.15) is 11.1 Å². The zero-order valence-corrected chi connectivity index (χ0v) is 18.8. The number of hydrogen-bond donors (Lipinski definition) is 2.